The summed E-state index contributed by atoms with van der Waals surface area (Å²) >= 11 is 5.11. The summed E-state index contributed by atoms with van der Waals surface area (Å²) in [5.74, 6) is 0. The minimum Gasteiger partial charge on any atom is -0.388 e. The predicted octanol–water partition coefficient (Wildman–Crippen LogP) is 4.35. The average molecular weight is 311 g/mol. The van der Waals surface area contributed by atoms with E-state index in [-0.39, 0.29) is 0 Å². The standard InChI is InChI=1S/C14H15BrOS/c1-2-10-3-5-11(6-4-10)13(16)9-12-7-8-14(15)17-12/h3-8,13,16H,2,9H2,1H3. The van der Waals surface area contributed by atoms with Crippen molar-refractivity contribution in [2.24, 2.45) is 0 Å². The molecule has 0 spiro atoms. The molecule has 0 fully saturated rings. The van der Waals surface area contributed by atoms with Crippen LogP contribution in [0.2, 0.25) is 0 Å². The van der Waals surface area contributed by atoms with Crippen LogP contribution in [0.25, 0.3) is 0 Å². The van der Waals surface area contributed by atoms with E-state index in [0.29, 0.717) is 6.42 Å². The summed E-state index contributed by atoms with van der Waals surface area (Å²) in [6.07, 6.45) is 1.31. The third kappa shape index (κ3) is 3.41. The molecule has 3 heteroatoms. The predicted molar refractivity (Wildman–Crippen MR) is 76.5 cm³/mol. The summed E-state index contributed by atoms with van der Waals surface area (Å²) in [5.41, 5.74) is 2.30. The molecule has 0 radical (unpaired) electrons. The number of benzene rings is 1. The van der Waals surface area contributed by atoms with Crippen LogP contribution >= 0.6 is 27.3 Å². The summed E-state index contributed by atoms with van der Waals surface area (Å²) in [6, 6.07) is 12.3. The quantitative estimate of drug-likeness (QED) is 0.890. The van der Waals surface area contributed by atoms with Crippen LogP contribution in [0.15, 0.2) is 40.2 Å². The highest BCUT2D eigenvalue weighted by molar-refractivity contribution is 9.11. The lowest BCUT2D eigenvalue weighted by Gasteiger charge is -2.10. The van der Waals surface area contributed by atoms with E-state index < -0.39 is 6.10 Å². The van der Waals surface area contributed by atoms with Crippen molar-refractivity contribution in [3.8, 4) is 0 Å². The second-order valence-electron chi connectivity index (χ2n) is 4.02. The summed E-state index contributed by atoms with van der Waals surface area (Å²) < 4.78 is 1.11. The molecule has 0 saturated heterocycles. The number of aliphatic hydroxyl groups excluding tert-OH is 1. The van der Waals surface area contributed by atoms with Crippen molar-refractivity contribution >= 4 is 27.3 Å². The molecule has 0 aliphatic carbocycles. The molecule has 1 N–H and O–H groups in total. The maximum absolute atomic E-state index is 10.1. The molecule has 1 unspecified atom stereocenters. The summed E-state index contributed by atoms with van der Waals surface area (Å²) in [4.78, 5) is 1.20. The Kier molecular flexibility index (Phi) is 4.37. The fraction of sp³-hybridized carbons (Fsp3) is 0.286. The van der Waals surface area contributed by atoms with Crippen molar-refractivity contribution in [3.05, 3.63) is 56.2 Å². The van der Waals surface area contributed by atoms with Crippen LogP contribution in [-0.4, -0.2) is 5.11 Å². The SMILES string of the molecule is CCc1ccc(C(O)Cc2ccc(Br)s2)cc1. The number of aliphatic hydroxyl groups is 1. The first kappa shape index (κ1) is 12.8. The second-order valence-corrected chi connectivity index (χ2v) is 6.57. The van der Waals surface area contributed by atoms with Gasteiger partial charge in [-0.05, 0) is 45.6 Å². The van der Waals surface area contributed by atoms with Crippen LogP contribution in [0, 0.1) is 0 Å². The lowest BCUT2D eigenvalue weighted by Crippen LogP contribution is -2.00. The maximum Gasteiger partial charge on any atom is 0.0838 e. The van der Waals surface area contributed by atoms with E-state index in [4.69, 9.17) is 0 Å². The molecule has 1 atom stereocenters. The van der Waals surface area contributed by atoms with Crippen LogP contribution in [-0.2, 0) is 12.8 Å². The van der Waals surface area contributed by atoms with Crippen LogP contribution < -0.4 is 0 Å². The molecule has 1 heterocycles. The Labute approximate surface area is 114 Å². The van der Waals surface area contributed by atoms with Crippen molar-refractivity contribution in [3.63, 3.8) is 0 Å². The zero-order valence-electron chi connectivity index (χ0n) is 9.69. The Bertz CT molecular complexity index is 475. The molecule has 0 amide bonds. The number of aryl methyl sites for hydroxylation is 1. The van der Waals surface area contributed by atoms with Gasteiger partial charge in [-0.1, -0.05) is 31.2 Å². The molecule has 17 heavy (non-hydrogen) atoms. The first-order valence-electron chi connectivity index (χ1n) is 5.70. The Hall–Kier alpha value is -0.640. The number of thiophene rings is 1. The van der Waals surface area contributed by atoms with Gasteiger partial charge in [-0.2, -0.15) is 0 Å². The van der Waals surface area contributed by atoms with E-state index in [1.54, 1.807) is 11.3 Å². The minimum absolute atomic E-state index is 0.411. The fourth-order valence-electron chi connectivity index (χ4n) is 1.75. The highest BCUT2D eigenvalue weighted by Gasteiger charge is 2.09. The lowest BCUT2D eigenvalue weighted by atomic mass is 10.0. The van der Waals surface area contributed by atoms with E-state index >= 15 is 0 Å². The van der Waals surface area contributed by atoms with Gasteiger partial charge in [0.15, 0.2) is 0 Å². The molecule has 1 nitrogen and oxygen atoms in total. The molecular formula is C14H15BrOS. The molecule has 90 valence electrons. The first-order chi connectivity index (χ1) is 8.19. The van der Waals surface area contributed by atoms with Gasteiger partial charge >= 0.3 is 0 Å². The van der Waals surface area contributed by atoms with E-state index in [1.807, 2.05) is 18.2 Å². The second kappa shape index (κ2) is 5.80. The monoisotopic (exact) mass is 310 g/mol. The summed E-state index contributed by atoms with van der Waals surface area (Å²) in [5, 5.41) is 10.1. The molecule has 0 aliphatic heterocycles. The van der Waals surface area contributed by atoms with Crippen LogP contribution in [0.4, 0.5) is 0 Å². The number of rotatable bonds is 4. The molecule has 2 rings (SSSR count). The van der Waals surface area contributed by atoms with Gasteiger partial charge in [0.2, 0.25) is 0 Å². The van der Waals surface area contributed by atoms with Crippen LogP contribution in [0.3, 0.4) is 0 Å². The van der Waals surface area contributed by atoms with Gasteiger partial charge in [0.1, 0.15) is 0 Å². The van der Waals surface area contributed by atoms with Gasteiger partial charge in [0, 0.05) is 11.3 Å². The van der Waals surface area contributed by atoms with Crippen molar-refractivity contribution in [2.75, 3.05) is 0 Å². The Morgan fingerprint density at radius 2 is 1.88 bits per heavy atom. The van der Waals surface area contributed by atoms with Gasteiger partial charge in [0.25, 0.3) is 0 Å². The normalized spacial score (nSPS) is 12.6. The molecule has 0 bridgehead atoms. The highest BCUT2D eigenvalue weighted by Crippen LogP contribution is 2.27. The summed E-state index contributed by atoms with van der Waals surface area (Å²) in [6.45, 7) is 2.13. The third-order valence-corrected chi connectivity index (χ3v) is 4.44. The first-order valence-corrected chi connectivity index (χ1v) is 7.31. The van der Waals surface area contributed by atoms with Gasteiger partial charge < -0.3 is 5.11 Å². The Balaban J connectivity index is 2.06. The van der Waals surface area contributed by atoms with Gasteiger partial charge in [-0.15, -0.1) is 11.3 Å². The molecular weight excluding hydrogens is 296 g/mol. The lowest BCUT2D eigenvalue weighted by molar-refractivity contribution is 0.179. The zero-order valence-corrected chi connectivity index (χ0v) is 12.1. The van der Waals surface area contributed by atoms with Crippen LogP contribution in [0.5, 0.6) is 0 Å². The van der Waals surface area contributed by atoms with E-state index in [9.17, 15) is 5.11 Å². The Morgan fingerprint density at radius 3 is 2.41 bits per heavy atom. The minimum atomic E-state index is -0.411. The average Bonchev–Trinajstić information content (AvgIpc) is 2.75. The largest absolute Gasteiger partial charge is 0.388 e. The van der Waals surface area contributed by atoms with Gasteiger partial charge in [0.05, 0.1) is 9.89 Å². The van der Waals surface area contributed by atoms with Crippen molar-refractivity contribution in [1.82, 2.24) is 0 Å². The topological polar surface area (TPSA) is 20.2 Å². The molecule has 1 aromatic heterocycles. The van der Waals surface area contributed by atoms with Crippen LogP contribution in [0.1, 0.15) is 29.0 Å². The summed E-state index contributed by atoms with van der Waals surface area (Å²) in [7, 11) is 0. The maximum atomic E-state index is 10.1. The van der Waals surface area contributed by atoms with E-state index in [2.05, 4.69) is 41.1 Å². The number of halogens is 1. The Morgan fingerprint density at radius 1 is 1.18 bits per heavy atom. The van der Waals surface area contributed by atoms with Gasteiger partial charge in [-0.3, -0.25) is 0 Å². The molecule has 0 saturated carbocycles. The van der Waals surface area contributed by atoms with Crippen molar-refractivity contribution < 1.29 is 5.11 Å². The third-order valence-electron chi connectivity index (χ3n) is 2.80. The van der Waals surface area contributed by atoms with Gasteiger partial charge in [-0.25, -0.2) is 0 Å². The van der Waals surface area contributed by atoms with E-state index in [1.165, 1.54) is 10.4 Å². The smallest absolute Gasteiger partial charge is 0.0838 e. The van der Waals surface area contributed by atoms with Crippen molar-refractivity contribution in [2.45, 2.75) is 25.9 Å². The fourth-order valence-corrected chi connectivity index (χ4v) is 3.27. The number of hydrogen-bond donors (Lipinski definition) is 1. The molecule has 0 aliphatic rings. The highest BCUT2D eigenvalue weighted by atomic mass is 79.9. The molecule has 1 aromatic carbocycles. The molecule has 2 aromatic rings. The zero-order chi connectivity index (χ0) is 12.3. The number of hydrogen-bond acceptors (Lipinski definition) is 2. The van der Waals surface area contributed by atoms with Crippen molar-refractivity contribution in [1.29, 1.82) is 0 Å². The van der Waals surface area contributed by atoms with E-state index in [0.717, 1.165) is 15.8 Å².